The van der Waals surface area contributed by atoms with Crippen LogP contribution in [0.1, 0.15) is 53.0 Å². The van der Waals surface area contributed by atoms with Crippen LogP contribution in [0.15, 0.2) is 24.3 Å². The summed E-state index contributed by atoms with van der Waals surface area (Å²) in [6, 6.07) is 10.3. The number of benzene rings is 1. The lowest BCUT2D eigenvalue weighted by atomic mass is 9.72. The van der Waals surface area contributed by atoms with Crippen LogP contribution >= 0.6 is 0 Å². The van der Waals surface area contributed by atoms with Gasteiger partial charge in [-0.3, -0.25) is 0 Å². The molecule has 1 atom stereocenters. The number of nitriles is 1. The summed E-state index contributed by atoms with van der Waals surface area (Å²) in [4.78, 5) is 1.94. The fourth-order valence-corrected chi connectivity index (χ4v) is 3.37. The zero-order valence-corrected chi connectivity index (χ0v) is 16.7. The number of hydrogen-bond acceptors (Lipinski definition) is 4. The molecular formula is C21H34N2O2. The first-order valence-electron chi connectivity index (χ1n) is 9.00. The standard InChI is InChI=1S/C21H34N2O2/c1-20(2,3)16-21(4,5)17-8-10-19(11-9-17)25-15-18(24)14-23(6)13-7-12-22/h8-11,18,24H,7,13-16H2,1-6H3/t18-/m0/s1. The number of rotatable bonds is 9. The molecule has 0 saturated carbocycles. The Labute approximate surface area is 153 Å². The van der Waals surface area contributed by atoms with E-state index >= 15 is 0 Å². The van der Waals surface area contributed by atoms with Crippen LogP contribution in [0.3, 0.4) is 0 Å². The van der Waals surface area contributed by atoms with Gasteiger partial charge in [0.15, 0.2) is 0 Å². The lowest BCUT2D eigenvalue weighted by molar-refractivity contribution is 0.0769. The summed E-state index contributed by atoms with van der Waals surface area (Å²) >= 11 is 0. The third kappa shape index (κ3) is 8.38. The Morgan fingerprint density at radius 1 is 1.16 bits per heavy atom. The molecule has 0 aliphatic rings. The van der Waals surface area contributed by atoms with Crippen molar-refractivity contribution in [3.05, 3.63) is 29.8 Å². The van der Waals surface area contributed by atoms with E-state index in [4.69, 9.17) is 10.00 Å². The number of ether oxygens (including phenoxy) is 1. The van der Waals surface area contributed by atoms with E-state index in [1.54, 1.807) is 0 Å². The van der Waals surface area contributed by atoms with Crippen molar-refractivity contribution in [1.82, 2.24) is 4.90 Å². The van der Waals surface area contributed by atoms with E-state index in [1.165, 1.54) is 5.56 Å². The van der Waals surface area contributed by atoms with Gasteiger partial charge in [0.2, 0.25) is 0 Å². The zero-order chi connectivity index (χ0) is 19.1. The average molecular weight is 347 g/mol. The van der Waals surface area contributed by atoms with Crippen molar-refractivity contribution in [2.45, 2.75) is 59.0 Å². The van der Waals surface area contributed by atoms with Gasteiger partial charge in [-0.15, -0.1) is 0 Å². The Morgan fingerprint density at radius 2 is 1.76 bits per heavy atom. The minimum Gasteiger partial charge on any atom is -0.491 e. The molecule has 4 nitrogen and oxygen atoms in total. The van der Waals surface area contributed by atoms with Crippen molar-refractivity contribution in [2.75, 3.05) is 26.7 Å². The van der Waals surface area contributed by atoms with E-state index in [1.807, 2.05) is 24.1 Å². The molecule has 1 N–H and O–H groups in total. The molecule has 1 rings (SSSR count). The zero-order valence-electron chi connectivity index (χ0n) is 16.7. The molecule has 0 aromatic heterocycles. The second-order valence-corrected chi connectivity index (χ2v) is 8.78. The molecule has 0 fully saturated rings. The number of likely N-dealkylation sites (N-methyl/N-ethyl adjacent to an activating group) is 1. The topological polar surface area (TPSA) is 56.5 Å². The molecule has 0 spiro atoms. The predicted octanol–water partition coefficient (Wildman–Crippen LogP) is 3.99. The molecule has 1 aromatic carbocycles. The number of aliphatic hydroxyl groups is 1. The quantitative estimate of drug-likeness (QED) is 0.734. The lowest BCUT2D eigenvalue weighted by Crippen LogP contribution is -2.33. The molecule has 0 heterocycles. The Morgan fingerprint density at radius 3 is 2.28 bits per heavy atom. The molecule has 25 heavy (non-hydrogen) atoms. The van der Waals surface area contributed by atoms with Crippen molar-refractivity contribution in [3.8, 4) is 11.8 Å². The first-order valence-corrected chi connectivity index (χ1v) is 9.00. The summed E-state index contributed by atoms with van der Waals surface area (Å²) in [7, 11) is 1.90. The second-order valence-electron chi connectivity index (χ2n) is 8.78. The molecule has 140 valence electrons. The predicted molar refractivity (Wildman–Crippen MR) is 103 cm³/mol. The minimum atomic E-state index is -0.569. The maximum absolute atomic E-state index is 10.0. The highest BCUT2D eigenvalue weighted by atomic mass is 16.5. The SMILES string of the molecule is CN(CCC#N)C[C@H](O)COc1ccc(C(C)(C)CC(C)(C)C)cc1. The fraction of sp³-hybridized carbons (Fsp3) is 0.667. The van der Waals surface area contributed by atoms with Gasteiger partial charge in [-0.25, -0.2) is 0 Å². The first kappa shape index (κ1) is 21.5. The summed E-state index contributed by atoms with van der Waals surface area (Å²) in [5.41, 5.74) is 1.69. The van der Waals surface area contributed by atoms with Gasteiger partial charge in [-0.05, 0) is 42.0 Å². The van der Waals surface area contributed by atoms with Crippen LogP contribution in [0.2, 0.25) is 0 Å². The van der Waals surface area contributed by atoms with Crippen LogP contribution in [0.25, 0.3) is 0 Å². The molecule has 0 amide bonds. The van der Waals surface area contributed by atoms with Gasteiger partial charge in [0.05, 0.1) is 6.07 Å². The molecule has 0 bridgehead atoms. The second kappa shape index (κ2) is 9.22. The van der Waals surface area contributed by atoms with E-state index in [9.17, 15) is 5.11 Å². The van der Waals surface area contributed by atoms with Crippen LogP contribution in [0.5, 0.6) is 5.75 Å². The third-order valence-corrected chi connectivity index (χ3v) is 4.18. The number of nitrogens with zero attached hydrogens (tertiary/aromatic N) is 2. The Kier molecular flexibility index (Phi) is 7.92. The molecule has 0 unspecified atom stereocenters. The van der Waals surface area contributed by atoms with Gasteiger partial charge in [0.25, 0.3) is 0 Å². The van der Waals surface area contributed by atoms with Gasteiger partial charge < -0.3 is 14.7 Å². The van der Waals surface area contributed by atoms with Crippen molar-refractivity contribution in [1.29, 1.82) is 5.26 Å². The van der Waals surface area contributed by atoms with Crippen molar-refractivity contribution < 1.29 is 9.84 Å². The minimum absolute atomic E-state index is 0.111. The maximum Gasteiger partial charge on any atom is 0.119 e. The third-order valence-electron chi connectivity index (χ3n) is 4.18. The maximum atomic E-state index is 10.0. The Hall–Kier alpha value is -1.57. The van der Waals surface area contributed by atoms with Crippen LogP contribution in [-0.4, -0.2) is 42.9 Å². The monoisotopic (exact) mass is 346 g/mol. The molecule has 0 aliphatic carbocycles. The summed E-state index contributed by atoms with van der Waals surface area (Å²) in [6.45, 7) is 12.7. The normalized spacial score (nSPS) is 13.6. The van der Waals surface area contributed by atoms with Crippen molar-refractivity contribution in [2.24, 2.45) is 5.41 Å². The number of aliphatic hydroxyl groups excluding tert-OH is 1. The van der Waals surface area contributed by atoms with E-state index in [-0.39, 0.29) is 17.4 Å². The first-order chi connectivity index (χ1) is 11.5. The van der Waals surface area contributed by atoms with Crippen molar-refractivity contribution in [3.63, 3.8) is 0 Å². The molecular weight excluding hydrogens is 312 g/mol. The van der Waals surface area contributed by atoms with E-state index < -0.39 is 6.10 Å². The smallest absolute Gasteiger partial charge is 0.119 e. The highest BCUT2D eigenvalue weighted by Crippen LogP contribution is 2.36. The van der Waals surface area contributed by atoms with Gasteiger partial charge in [-0.2, -0.15) is 5.26 Å². The molecule has 0 saturated heterocycles. The van der Waals surface area contributed by atoms with Crippen LogP contribution in [-0.2, 0) is 5.41 Å². The summed E-state index contributed by atoms with van der Waals surface area (Å²) < 4.78 is 5.70. The van der Waals surface area contributed by atoms with Gasteiger partial charge in [-0.1, -0.05) is 46.8 Å². The van der Waals surface area contributed by atoms with E-state index in [0.29, 0.717) is 19.5 Å². The van der Waals surface area contributed by atoms with Gasteiger partial charge >= 0.3 is 0 Å². The van der Waals surface area contributed by atoms with Crippen LogP contribution < -0.4 is 4.74 Å². The van der Waals surface area contributed by atoms with Crippen LogP contribution in [0.4, 0.5) is 0 Å². The highest BCUT2D eigenvalue weighted by Gasteiger charge is 2.27. The molecule has 1 aromatic rings. The molecule has 0 radical (unpaired) electrons. The Bertz CT molecular complexity index is 553. The lowest BCUT2D eigenvalue weighted by Gasteiger charge is -2.33. The summed E-state index contributed by atoms with van der Waals surface area (Å²) in [5, 5.41) is 18.6. The van der Waals surface area contributed by atoms with Gasteiger partial charge in [0.1, 0.15) is 18.5 Å². The van der Waals surface area contributed by atoms with E-state index in [2.05, 4.69) is 52.8 Å². The largest absolute Gasteiger partial charge is 0.491 e. The van der Waals surface area contributed by atoms with Crippen LogP contribution in [0, 0.1) is 16.7 Å². The van der Waals surface area contributed by atoms with Crippen molar-refractivity contribution >= 4 is 0 Å². The molecule has 0 aliphatic heterocycles. The highest BCUT2D eigenvalue weighted by molar-refractivity contribution is 5.31. The summed E-state index contributed by atoms with van der Waals surface area (Å²) in [5.74, 6) is 0.772. The fourth-order valence-electron chi connectivity index (χ4n) is 3.37. The van der Waals surface area contributed by atoms with E-state index in [0.717, 1.165) is 12.2 Å². The summed E-state index contributed by atoms with van der Waals surface area (Å²) in [6.07, 6.45) is 1.00. The molecule has 4 heteroatoms. The average Bonchev–Trinajstić information content (AvgIpc) is 2.49. The number of hydrogen-bond donors (Lipinski definition) is 1. The van der Waals surface area contributed by atoms with Gasteiger partial charge in [0, 0.05) is 19.5 Å². The Balaban J connectivity index is 2.53.